The van der Waals surface area contributed by atoms with Crippen LogP contribution in [-0.2, 0) is 0 Å². The van der Waals surface area contributed by atoms with Crippen molar-refractivity contribution < 1.29 is 0 Å². The third-order valence-corrected chi connectivity index (χ3v) is 1.80. The number of allylic oxidation sites excluding steroid dienone is 4. The van der Waals surface area contributed by atoms with E-state index in [1.54, 1.807) is 0 Å². The SMILES string of the molecule is C/C=C(C)\C(Cl)=C/C(C)(C)Cl. The second-order valence-electron chi connectivity index (χ2n) is 3.03. The van der Waals surface area contributed by atoms with Gasteiger partial charge in [0.2, 0.25) is 0 Å². The van der Waals surface area contributed by atoms with Crippen LogP contribution >= 0.6 is 23.2 Å². The molecule has 64 valence electrons. The maximum atomic E-state index is 5.94. The van der Waals surface area contributed by atoms with Gasteiger partial charge in [0.1, 0.15) is 0 Å². The first-order chi connectivity index (χ1) is 4.87. The molecule has 0 nitrogen and oxygen atoms in total. The van der Waals surface area contributed by atoms with E-state index in [4.69, 9.17) is 23.2 Å². The van der Waals surface area contributed by atoms with E-state index in [1.807, 2.05) is 39.8 Å². The van der Waals surface area contributed by atoms with E-state index in [9.17, 15) is 0 Å². The van der Waals surface area contributed by atoms with E-state index in [0.29, 0.717) is 0 Å². The zero-order chi connectivity index (χ0) is 9.07. The quantitative estimate of drug-likeness (QED) is 0.457. The van der Waals surface area contributed by atoms with Crippen molar-refractivity contribution in [1.82, 2.24) is 0 Å². The van der Waals surface area contributed by atoms with Gasteiger partial charge in [-0.1, -0.05) is 17.7 Å². The third kappa shape index (κ3) is 5.34. The molecule has 0 saturated heterocycles. The standard InChI is InChI=1S/C9H14Cl2/c1-5-7(2)8(10)6-9(3,4)11/h5-6H,1-4H3/b7-5-,8-6+. The first kappa shape index (κ1) is 11.1. The van der Waals surface area contributed by atoms with Crippen LogP contribution in [0.5, 0.6) is 0 Å². The highest BCUT2D eigenvalue weighted by molar-refractivity contribution is 6.33. The van der Waals surface area contributed by atoms with Crippen molar-refractivity contribution in [1.29, 1.82) is 0 Å². The molecule has 0 rings (SSSR count). The zero-order valence-electron chi connectivity index (χ0n) is 7.41. The van der Waals surface area contributed by atoms with Crippen molar-refractivity contribution >= 4 is 23.2 Å². The second-order valence-corrected chi connectivity index (χ2v) is 4.41. The highest BCUT2D eigenvalue weighted by atomic mass is 35.5. The fourth-order valence-corrected chi connectivity index (χ4v) is 1.10. The van der Waals surface area contributed by atoms with E-state index in [0.717, 1.165) is 10.6 Å². The van der Waals surface area contributed by atoms with Gasteiger partial charge < -0.3 is 0 Å². The summed E-state index contributed by atoms with van der Waals surface area (Å²) in [4.78, 5) is -0.360. The number of hydrogen-bond donors (Lipinski definition) is 0. The largest absolute Gasteiger partial charge is 0.115 e. The van der Waals surface area contributed by atoms with Gasteiger partial charge in [-0.05, 0) is 39.3 Å². The van der Waals surface area contributed by atoms with Crippen molar-refractivity contribution in [2.75, 3.05) is 0 Å². The minimum Gasteiger partial charge on any atom is -0.115 e. The summed E-state index contributed by atoms with van der Waals surface area (Å²) in [6.07, 6.45) is 3.80. The highest BCUT2D eigenvalue weighted by Crippen LogP contribution is 2.22. The normalized spacial score (nSPS) is 15.5. The molecule has 0 heterocycles. The Balaban J connectivity index is 4.48. The highest BCUT2D eigenvalue weighted by Gasteiger charge is 2.10. The maximum absolute atomic E-state index is 5.94. The van der Waals surface area contributed by atoms with Crippen molar-refractivity contribution in [2.24, 2.45) is 0 Å². The molecule has 0 saturated carbocycles. The third-order valence-electron chi connectivity index (χ3n) is 1.28. The van der Waals surface area contributed by atoms with Gasteiger partial charge in [-0.15, -0.1) is 11.6 Å². The topological polar surface area (TPSA) is 0 Å². The molecule has 0 radical (unpaired) electrons. The molecule has 11 heavy (non-hydrogen) atoms. The van der Waals surface area contributed by atoms with Crippen molar-refractivity contribution in [3.63, 3.8) is 0 Å². The summed E-state index contributed by atoms with van der Waals surface area (Å²) in [7, 11) is 0. The Morgan fingerprint density at radius 1 is 1.36 bits per heavy atom. The minimum absolute atomic E-state index is 0.360. The van der Waals surface area contributed by atoms with E-state index in [-0.39, 0.29) is 4.87 Å². The number of halogens is 2. The molecular weight excluding hydrogens is 179 g/mol. The molecule has 2 heteroatoms. The Morgan fingerprint density at radius 2 is 1.82 bits per heavy atom. The Kier molecular flexibility index (Phi) is 4.20. The van der Waals surface area contributed by atoms with Gasteiger partial charge in [0.25, 0.3) is 0 Å². The first-order valence-corrected chi connectivity index (χ1v) is 4.33. The molecule has 0 aliphatic heterocycles. The maximum Gasteiger partial charge on any atom is 0.0587 e. The first-order valence-electron chi connectivity index (χ1n) is 3.57. The molecule has 0 spiro atoms. The van der Waals surface area contributed by atoms with Crippen LogP contribution in [0.4, 0.5) is 0 Å². The molecule has 0 aliphatic rings. The summed E-state index contributed by atoms with van der Waals surface area (Å²) in [5.74, 6) is 0. The smallest absolute Gasteiger partial charge is 0.0587 e. The predicted octanol–water partition coefficient (Wildman–Crippen LogP) is 4.09. The van der Waals surface area contributed by atoms with Crippen LogP contribution in [0, 0.1) is 0 Å². The molecular formula is C9H14Cl2. The van der Waals surface area contributed by atoms with Gasteiger partial charge in [-0.25, -0.2) is 0 Å². The Labute approximate surface area is 78.9 Å². The van der Waals surface area contributed by atoms with E-state index in [2.05, 4.69) is 0 Å². The molecule has 0 fully saturated rings. The Hall–Kier alpha value is 0.0600. The summed E-state index contributed by atoms with van der Waals surface area (Å²) < 4.78 is 0. The van der Waals surface area contributed by atoms with Gasteiger partial charge >= 0.3 is 0 Å². The van der Waals surface area contributed by atoms with Gasteiger partial charge in [0.05, 0.1) is 4.87 Å². The van der Waals surface area contributed by atoms with Crippen molar-refractivity contribution in [3.8, 4) is 0 Å². The van der Waals surface area contributed by atoms with Crippen LogP contribution in [-0.4, -0.2) is 4.87 Å². The molecule has 0 unspecified atom stereocenters. The van der Waals surface area contributed by atoms with Crippen molar-refractivity contribution in [2.45, 2.75) is 32.6 Å². The molecule has 0 aromatic rings. The molecule has 0 aromatic heterocycles. The zero-order valence-corrected chi connectivity index (χ0v) is 8.92. The Morgan fingerprint density at radius 3 is 2.09 bits per heavy atom. The second kappa shape index (κ2) is 4.18. The minimum atomic E-state index is -0.360. The lowest BCUT2D eigenvalue weighted by Crippen LogP contribution is -2.05. The van der Waals surface area contributed by atoms with Crippen LogP contribution in [0.1, 0.15) is 27.7 Å². The van der Waals surface area contributed by atoms with Gasteiger partial charge in [0.15, 0.2) is 0 Å². The fourth-order valence-electron chi connectivity index (χ4n) is 0.553. The van der Waals surface area contributed by atoms with Crippen LogP contribution < -0.4 is 0 Å². The van der Waals surface area contributed by atoms with Gasteiger partial charge in [-0.2, -0.15) is 0 Å². The van der Waals surface area contributed by atoms with E-state index >= 15 is 0 Å². The summed E-state index contributed by atoms with van der Waals surface area (Å²) in [5, 5.41) is 0.729. The number of alkyl halides is 1. The van der Waals surface area contributed by atoms with Crippen LogP contribution in [0.3, 0.4) is 0 Å². The number of rotatable bonds is 2. The average molecular weight is 193 g/mol. The van der Waals surface area contributed by atoms with Crippen molar-refractivity contribution in [3.05, 3.63) is 22.8 Å². The van der Waals surface area contributed by atoms with Crippen LogP contribution in [0.2, 0.25) is 0 Å². The van der Waals surface area contributed by atoms with E-state index in [1.165, 1.54) is 0 Å². The summed E-state index contributed by atoms with van der Waals surface area (Å²) in [6, 6.07) is 0. The lowest BCUT2D eigenvalue weighted by molar-refractivity contribution is 0.879. The van der Waals surface area contributed by atoms with Crippen LogP contribution in [0.25, 0.3) is 0 Å². The summed E-state index contributed by atoms with van der Waals surface area (Å²) in [5.41, 5.74) is 1.06. The molecule has 0 amide bonds. The fraction of sp³-hybridized carbons (Fsp3) is 0.556. The van der Waals surface area contributed by atoms with E-state index < -0.39 is 0 Å². The molecule has 0 aliphatic carbocycles. The molecule has 0 N–H and O–H groups in total. The Bertz CT molecular complexity index is 182. The van der Waals surface area contributed by atoms with Crippen LogP contribution in [0.15, 0.2) is 22.8 Å². The average Bonchev–Trinajstić information content (AvgIpc) is 1.82. The molecule has 0 aromatic carbocycles. The number of hydrogen-bond acceptors (Lipinski definition) is 0. The predicted molar refractivity (Wildman–Crippen MR) is 53.3 cm³/mol. The lowest BCUT2D eigenvalue weighted by Gasteiger charge is -2.10. The van der Waals surface area contributed by atoms with Gasteiger partial charge in [0, 0.05) is 5.03 Å². The monoisotopic (exact) mass is 192 g/mol. The lowest BCUT2D eigenvalue weighted by atomic mass is 10.1. The summed E-state index contributed by atoms with van der Waals surface area (Å²) in [6.45, 7) is 7.72. The van der Waals surface area contributed by atoms with Gasteiger partial charge in [-0.3, -0.25) is 0 Å². The molecule has 0 bridgehead atoms. The molecule has 0 atom stereocenters. The summed E-state index contributed by atoms with van der Waals surface area (Å²) >= 11 is 11.9.